The molecule has 1 atom stereocenters. The van der Waals surface area contributed by atoms with Crippen molar-refractivity contribution in [3.63, 3.8) is 0 Å². The Morgan fingerprint density at radius 1 is 1.26 bits per heavy atom. The molecule has 1 aromatic heterocycles. The molecule has 9 nitrogen and oxygen atoms in total. The first-order valence-electron chi connectivity index (χ1n) is 9.29. The van der Waals surface area contributed by atoms with Crippen molar-refractivity contribution in [2.45, 2.75) is 45.4 Å². The van der Waals surface area contributed by atoms with E-state index in [4.69, 9.17) is 14.2 Å². The zero-order valence-corrected chi connectivity index (χ0v) is 18.9. The lowest BCUT2D eigenvalue weighted by Gasteiger charge is -2.25. The molecule has 2 heterocycles. The van der Waals surface area contributed by atoms with Crippen LogP contribution >= 0.6 is 24.0 Å². The van der Waals surface area contributed by atoms with E-state index >= 15 is 0 Å². The number of hydrogen-bond acceptors (Lipinski definition) is 6. The van der Waals surface area contributed by atoms with E-state index in [-0.39, 0.29) is 30.0 Å². The number of nitrogens with zero attached hydrogens (tertiary/aromatic N) is 4. The van der Waals surface area contributed by atoms with E-state index in [9.17, 15) is 0 Å². The molecule has 0 fully saturated rings. The maximum Gasteiger partial charge on any atom is 0.191 e. The minimum absolute atomic E-state index is 0. The van der Waals surface area contributed by atoms with E-state index in [1.807, 2.05) is 4.68 Å². The maximum absolute atomic E-state index is 5.46. The van der Waals surface area contributed by atoms with Crippen molar-refractivity contribution < 1.29 is 14.2 Å². The lowest BCUT2D eigenvalue weighted by Crippen LogP contribution is -2.47. The van der Waals surface area contributed by atoms with Crippen LogP contribution in [0.4, 0.5) is 0 Å². The van der Waals surface area contributed by atoms with Gasteiger partial charge in [0.05, 0.1) is 19.8 Å². The summed E-state index contributed by atoms with van der Waals surface area (Å²) in [6.07, 6.45) is 2.80. The normalized spacial score (nSPS) is 16.6. The summed E-state index contributed by atoms with van der Waals surface area (Å²) in [6.45, 7) is 6.82. The molecule has 0 aliphatic carbocycles. The Morgan fingerprint density at radius 3 is 2.85 bits per heavy atom. The number of hydrogen-bond donors (Lipinski definition) is 2. The van der Waals surface area contributed by atoms with E-state index in [2.05, 4.69) is 32.6 Å². The first-order valence-corrected chi connectivity index (χ1v) is 9.29. The first-order chi connectivity index (χ1) is 12.8. The summed E-state index contributed by atoms with van der Waals surface area (Å²) < 4.78 is 17.5. The van der Waals surface area contributed by atoms with E-state index in [0.717, 1.165) is 56.5 Å². The van der Waals surface area contributed by atoms with Gasteiger partial charge >= 0.3 is 0 Å². The van der Waals surface area contributed by atoms with Crippen LogP contribution in [-0.2, 0) is 33.8 Å². The summed E-state index contributed by atoms with van der Waals surface area (Å²) in [5.74, 6) is 2.62. The Bertz CT molecular complexity index is 555. The first kappa shape index (κ1) is 24.1. The third-order valence-electron chi connectivity index (χ3n) is 4.01. The summed E-state index contributed by atoms with van der Waals surface area (Å²) >= 11 is 0. The van der Waals surface area contributed by atoms with Crippen LogP contribution in [0.25, 0.3) is 0 Å². The molecular weight excluding hydrogens is 463 g/mol. The van der Waals surface area contributed by atoms with Gasteiger partial charge in [-0.05, 0) is 19.8 Å². The summed E-state index contributed by atoms with van der Waals surface area (Å²) in [5, 5.41) is 11.3. The summed E-state index contributed by atoms with van der Waals surface area (Å²) in [7, 11) is 3.33. The van der Waals surface area contributed by atoms with Crippen molar-refractivity contribution in [2.75, 3.05) is 47.1 Å². The summed E-state index contributed by atoms with van der Waals surface area (Å²) in [6, 6.07) is 0.287. The quantitative estimate of drug-likeness (QED) is 0.204. The van der Waals surface area contributed by atoms with Gasteiger partial charge in [0, 0.05) is 46.4 Å². The number of fused-ring (bicyclic) bond motifs is 1. The Balaban J connectivity index is 0.00000364. The van der Waals surface area contributed by atoms with E-state index in [0.29, 0.717) is 26.4 Å². The van der Waals surface area contributed by atoms with Gasteiger partial charge in [0.15, 0.2) is 11.8 Å². The van der Waals surface area contributed by atoms with Crippen LogP contribution in [0.1, 0.15) is 31.4 Å². The smallest absolute Gasteiger partial charge is 0.191 e. The SMILES string of the molecule is CCNC(=NCCCOCCOC)NC1CCc2nc(COC)nn2C1.I. The summed E-state index contributed by atoms with van der Waals surface area (Å²) in [5.41, 5.74) is 0. The minimum atomic E-state index is 0. The Kier molecular flexibility index (Phi) is 12.5. The van der Waals surface area contributed by atoms with Crippen LogP contribution in [0, 0.1) is 0 Å². The third-order valence-corrected chi connectivity index (χ3v) is 4.01. The molecule has 27 heavy (non-hydrogen) atoms. The molecule has 1 unspecified atom stereocenters. The molecule has 1 aromatic rings. The number of ether oxygens (including phenoxy) is 3. The Labute approximate surface area is 178 Å². The molecule has 156 valence electrons. The van der Waals surface area contributed by atoms with Gasteiger partial charge in [0.25, 0.3) is 0 Å². The van der Waals surface area contributed by atoms with Crippen molar-refractivity contribution >= 4 is 29.9 Å². The highest BCUT2D eigenvalue weighted by molar-refractivity contribution is 14.0. The fourth-order valence-corrected chi connectivity index (χ4v) is 2.78. The average molecular weight is 496 g/mol. The van der Waals surface area contributed by atoms with E-state index < -0.39 is 0 Å². The molecule has 0 saturated heterocycles. The van der Waals surface area contributed by atoms with Crippen LogP contribution in [-0.4, -0.2) is 73.9 Å². The molecule has 0 bridgehead atoms. The van der Waals surface area contributed by atoms with Gasteiger partial charge in [-0.25, -0.2) is 9.67 Å². The van der Waals surface area contributed by atoms with E-state index in [1.54, 1.807) is 14.2 Å². The zero-order valence-electron chi connectivity index (χ0n) is 16.6. The van der Waals surface area contributed by atoms with Crippen LogP contribution in [0.2, 0.25) is 0 Å². The number of aliphatic imine (C=N–C) groups is 1. The van der Waals surface area contributed by atoms with Gasteiger partial charge in [0.1, 0.15) is 12.4 Å². The predicted octanol–water partition coefficient (Wildman–Crippen LogP) is 0.966. The third kappa shape index (κ3) is 8.71. The van der Waals surface area contributed by atoms with Crippen LogP contribution in [0.15, 0.2) is 4.99 Å². The second-order valence-electron chi connectivity index (χ2n) is 6.16. The topological polar surface area (TPSA) is 94.8 Å². The number of halogens is 1. The monoisotopic (exact) mass is 496 g/mol. The standard InChI is InChI=1S/C17H32N6O3.HI/c1-4-18-17(19-8-5-9-26-11-10-24-2)20-14-6-7-16-21-15(13-25-3)22-23(16)12-14;/h14H,4-13H2,1-3H3,(H2,18,19,20);1H. The highest BCUT2D eigenvalue weighted by Gasteiger charge is 2.22. The lowest BCUT2D eigenvalue weighted by atomic mass is 10.1. The second kappa shape index (κ2) is 14.1. The number of guanidine groups is 1. The van der Waals surface area contributed by atoms with Crippen molar-refractivity contribution in [1.82, 2.24) is 25.4 Å². The zero-order chi connectivity index (χ0) is 18.6. The molecule has 1 aliphatic rings. The average Bonchev–Trinajstić information content (AvgIpc) is 3.03. The molecule has 1 aliphatic heterocycles. The van der Waals surface area contributed by atoms with Gasteiger partial charge < -0.3 is 24.8 Å². The molecule has 2 N–H and O–H groups in total. The van der Waals surface area contributed by atoms with E-state index in [1.165, 1.54) is 0 Å². The highest BCUT2D eigenvalue weighted by Crippen LogP contribution is 2.13. The second-order valence-corrected chi connectivity index (χ2v) is 6.16. The number of rotatable bonds is 11. The molecule has 0 amide bonds. The number of aromatic nitrogens is 3. The number of nitrogens with one attached hydrogen (secondary N) is 2. The predicted molar refractivity (Wildman–Crippen MR) is 115 cm³/mol. The van der Waals surface area contributed by atoms with Crippen molar-refractivity contribution in [1.29, 1.82) is 0 Å². The lowest BCUT2D eigenvalue weighted by molar-refractivity contribution is 0.0702. The number of aryl methyl sites for hydroxylation is 1. The van der Waals surface area contributed by atoms with Crippen LogP contribution in [0.5, 0.6) is 0 Å². The fraction of sp³-hybridized carbons (Fsp3) is 0.824. The molecular formula is C17H33IN6O3. The van der Waals surface area contributed by atoms with Gasteiger partial charge in [-0.3, -0.25) is 4.99 Å². The molecule has 0 saturated carbocycles. The Hall–Kier alpha value is -0.980. The van der Waals surface area contributed by atoms with Crippen LogP contribution in [0.3, 0.4) is 0 Å². The largest absolute Gasteiger partial charge is 0.382 e. The Morgan fingerprint density at radius 2 is 2.11 bits per heavy atom. The maximum atomic E-state index is 5.46. The minimum Gasteiger partial charge on any atom is -0.382 e. The molecule has 10 heteroatoms. The molecule has 2 rings (SSSR count). The van der Waals surface area contributed by atoms with Crippen molar-refractivity contribution in [3.8, 4) is 0 Å². The van der Waals surface area contributed by atoms with Crippen molar-refractivity contribution in [2.24, 2.45) is 4.99 Å². The highest BCUT2D eigenvalue weighted by atomic mass is 127. The van der Waals surface area contributed by atoms with Crippen LogP contribution < -0.4 is 10.6 Å². The van der Waals surface area contributed by atoms with Gasteiger partial charge in [-0.2, -0.15) is 5.10 Å². The van der Waals surface area contributed by atoms with Gasteiger partial charge in [0.2, 0.25) is 0 Å². The van der Waals surface area contributed by atoms with Gasteiger partial charge in [-0.1, -0.05) is 0 Å². The van der Waals surface area contributed by atoms with Gasteiger partial charge in [-0.15, -0.1) is 24.0 Å². The summed E-state index contributed by atoms with van der Waals surface area (Å²) in [4.78, 5) is 9.15. The number of methoxy groups -OCH3 is 2. The fourth-order valence-electron chi connectivity index (χ4n) is 2.78. The molecule has 0 aromatic carbocycles. The van der Waals surface area contributed by atoms with Crippen molar-refractivity contribution in [3.05, 3.63) is 11.6 Å². The molecule has 0 spiro atoms. The molecule has 0 radical (unpaired) electrons.